The molecule has 2 aromatic heterocycles. The van der Waals surface area contributed by atoms with Crippen LogP contribution < -0.4 is 21.4 Å². The Morgan fingerprint density at radius 2 is 1.74 bits per heavy atom. The van der Waals surface area contributed by atoms with Gasteiger partial charge in [-0.25, -0.2) is 27.3 Å². The van der Waals surface area contributed by atoms with Crippen molar-refractivity contribution in [1.29, 1.82) is 0 Å². The quantitative estimate of drug-likeness (QED) is 0.401. The molecule has 1 spiro atoms. The van der Waals surface area contributed by atoms with E-state index >= 15 is 0 Å². The number of nitrogens with zero attached hydrogens (tertiary/aromatic N) is 4. The van der Waals surface area contributed by atoms with Gasteiger partial charge in [0.1, 0.15) is 6.67 Å². The molecule has 232 valence electrons. The van der Waals surface area contributed by atoms with Crippen molar-refractivity contribution >= 4 is 20.9 Å². The molecular formula is C31H41FN6O4S. The van der Waals surface area contributed by atoms with Crippen molar-refractivity contribution in [3.63, 3.8) is 0 Å². The van der Waals surface area contributed by atoms with Gasteiger partial charge in [0, 0.05) is 37.8 Å². The summed E-state index contributed by atoms with van der Waals surface area (Å²) in [4.78, 5) is 32.6. The van der Waals surface area contributed by atoms with Crippen LogP contribution in [0.25, 0.3) is 10.9 Å². The number of aryl methyl sites for hydroxylation is 1. The lowest BCUT2D eigenvalue weighted by molar-refractivity contribution is 0.0601. The zero-order chi connectivity index (χ0) is 30.4. The van der Waals surface area contributed by atoms with E-state index in [0.717, 1.165) is 31.2 Å². The van der Waals surface area contributed by atoms with Gasteiger partial charge < -0.3 is 0 Å². The van der Waals surface area contributed by atoms with Gasteiger partial charge in [-0.2, -0.15) is 0 Å². The highest BCUT2D eigenvalue weighted by Crippen LogP contribution is 2.40. The SMILES string of the molecule is Cc1ccc(Cn2c(=O)n(CC3CNN(C)C34CCCCCCC4)c(=O)c3cc(S(=O)(=O)NC4(CF)CC4)ccc32)nc1. The fourth-order valence-corrected chi connectivity index (χ4v) is 8.45. The highest BCUT2D eigenvalue weighted by Gasteiger charge is 2.47. The second-order valence-electron chi connectivity index (χ2n) is 12.8. The summed E-state index contributed by atoms with van der Waals surface area (Å²) in [5.41, 5.74) is 3.23. The molecule has 0 radical (unpaired) electrons. The van der Waals surface area contributed by atoms with E-state index in [9.17, 15) is 22.4 Å². The van der Waals surface area contributed by atoms with Crippen LogP contribution in [0.15, 0.2) is 51.0 Å². The summed E-state index contributed by atoms with van der Waals surface area (Å²) in [6.07, 6.45) is 10.3. The minimum absolute atomic E-state index is 0.0114. The molecule has 0 amide bonds. The van der Waals surface area contributed by atoms with E-state index in [-0.39, 0.29) is 34.8 Å². The Labute approximate surface area is 251 Å². The van der Waals surface area contributed by atoms with Gasteiger partial charge in [0.25, 0.3) is 5.56 Å². The monoisotopic (exact) mass is 612 g/mol. The number of hydrogen-bond acceptors (Lipinski definition) is 7. The average molecular weight is 613 g/mol. The van der Waals surface area contributed by atoms with Gasteiger partial charge in [0.15, 0.2) is 0 Å². The summed E-state index contributed by atoms with van der Waals surface area (Å²) >= 11 is 0. The molecule has 1 aromatic carbocycles. The van der Waals surface area contributed by atoms with E-state index in [1.54, 1.807) is 6.20 Å². The summed E-state index contributed by atoms with van der Waals surface area (Å²) in [5, 5.41) is 2.32. The van der Waals surface area contributed by atoms with Crippen LogP contribution in [0.5, 0.6) is 0 Å². The van der Waals surface area contributed by atoms with E-state index in [1.807, 2.05) is 19.1 Å². The van der Waals surface area contributed by atoms with Crippen molar-refractivity contribution < 1.29 is 12.8 Å². The Kier molecular flexibility index (Phi) is 8.08. The Balaban J connectivity index is 1.46. The zero-order valence-corrected chi connectivity index (χ0v) is 25.8. The maximum Gasteiger partial charge on any atom is 0.331 e. The van der Waals surface area contributed by atoms with Crippen molar-refractivity contribution in [1.82, 2.24) is 29.3 Å². The Bertz CT molecular complexity index is 1720. The topological polar surface area (TPSA) is 118 Å². The number of benzene rings is 1. The molecule has 1 unspecified atom stereocenters. The van der Waals surface area contributed by atoms with Crippen molar-refractivity contribution in [2.75, 3.05) is 20.3 Å². The molecule has 6 rings (SSSR count). The highest BCUT2D eigenvalue weighted by molar-refractivity contribution is 7.89. The lowest BCUT2D eigenvalue weighted by Crippen LogP contribution is -2.51. The number of hydrazine groups is 1. The molecule has 2 N–H and O–H groups in total. The van der Waals surface area contributed by atoms with Crippen LogP contribution in [0.4, 0.5) is 4.39 Å². The van der Waals surface area contributed by atoms with E-state index in [2.05, 4.69) is 27.2 Å². The standard InChI is InChI=1S/C31H41FN6O4S/c1-22-8-9-24(33-17-22)20-37-27-11-10-25(43(41,42)35-30(21-32)14-15-30)16-26(27)28(39)38(29(37)40)19-23-18-34-36(2)31(23)12-6-4-3-5-7-13-31/h8-11,16-17,23,34-35H,3-7,12-15,18-21H2,1-2H3. The fraction of sp³-hybridized carbons (Fsp3) is 0.581. The Morgan fingerprint density at radius 3 is 2.40 bits per heavy atom. The number of nitrogens with one attached hydrogen (secondary N) is 2. The molecule has 3 fully saturated rings. The molecular weight excluding hydrogens is 571 g/mol. The third kappa shape index (κ3) is 5.70. The number of alkyl halides is 1. The number of fused-ring (bicyclic) bond motifs is 1. The first kappa shape index (κ1) is 30.1. The van der Waals surface area contributed by atoms with Crippen LogP contribution in [0.2, 0.25) is 0 Å². The number of aromatic nitrogens is 3. The van der Waals surface area contributed by atoms with E-state index in [4.69, 9.17) is 0 Å². The minimum Gasteiger partial charge on any atom is -0.287 e. The van der Waals surface area contributed by atoms with E-state index in [0.29, 0.717) is 30.6 Å². The molecule has 2 saturated carbocycles. The summed E-state index contributed by atoms with van der Waals surface area (Å²) in [6.45, 7) is 2.12. The maximum atomic E-state index is 14.1. The lowest BCUT2D eigenvalue weighted by atomic mass is 9.75. The summed E-state index contributed by atoms with van der Waals surface area (Å²) < 4.78 is 45.4. The maximum absolute atomic E-state index is 14.1. The first-order chi connectivity index (χ1) is 20.6. The number of pyridine rings is 1. The van der Waals surface area contributed by atoms with Crippen LogP contribution in [0, 0.1) is 12.8 Å². The number of halogens is 1. The summed E-state index contributed by atoms with van der Waals surface area (Å²) in [5.74, 6) is 0.0114. The molecule has 1 atom stereocenters. The van der Waals surface area contributed by atoms with Crippen LogP contribution in [0.1, 0.15) is 69.0 Å². The number of hydrogen-bond donors (Lipinski definition) is 2. The van der Waals surface area contributed by atoms with Crippen molar-refractivity contribution in [2.45, 2.75) is 93.8 Å². The zero-order valence-electron chi connectivity index (χ0n) is 24.9. The number of sulfonamides is 1. The van der Waals surface area contributed by atoms with Gasteiger partial charge in [-0.05, 0) is 62.4 Å². The van der Waals surface area contributed by atoms with Gasteiger partial charge in [-0.1, -0.05) is 38.2 Å². The molecule has 2 aliphatic carbocycles. The van der Waals surface area contributed by atoms with E-state index < -0.39 is 33.5 Å². The van der Waals surface area contributed by atoms with Crippen LogP contribution in [0.3, 0.4) is 0 Å². The second kappa shape index (κ2) is 11.5. The van der Waals surface area contributed by atoms with Crippen molar-refractivity contribution in [3.05, 3.63) is 68.6 Å². The van der Waals surface area contributed by atoms with E-state index in [1.165, 1.54) is 46.6 Å². The predicted octanol–water partition coefficient (Wildman–Crippen LogP) is 3.24. The van der Waals surface area contributed by atoms with Gasteiger partial charge >= 0.3 is 5.69 Å². The van der Waals surface area contributed by atoms with Gasteiger partial charge in [0.05, 0.1) is 33.6 Å². The Morgan fingerprint density at radius 1 is 1.02 bits per heavy atom. The lowest BCUT2D eigenvalue weighted by Gasteiger charge is -2.41. The largest absolute Gasteiger partial charge is 0.331 e. The highest BCUT2D eigenvalue weighted by atomic mass is 32.2. The normalized spacial score (nSPS) is 22.1. The smallest absolute Gasteiger partial charge is 0.287 e. The molecule has 3 aliphatic rings. The molecule has 0 bridgehead atoms. The molecule has 10 nitrogen and oxygen atoms in total. The van der Waals surface area contributed by atoms with Crippen LogP contribution in [-0.2, 0) is 23.1 Å². The fourth-order valence-electron chi connectivity index (χ4n) is 6.98. The molecule has 43 heavy (non-hydrogen) atoms. The molecule has 12 heteroatoms. The van der Waals surface area contributed by atoms with Gasteiger partial charge in [-0.3, -0.25) is 24.3 Å². The molecule has 1 saturated heterocycles. The molecule has 3 aromatic rings. The summed E-state index contributed by atoms with van der Waals surface area (Å²) in [6, 6.07) is 7.96. The van der Waals surface area contributed by atoms with Crippen LogP contribution in [-0.4, -0.2) is 58.9 Å². The van der Waals surface area contributed by atoms with Crippen molar-refractivity contribution in [2.24, 2.45) is 5.92 Å². The first-order valence-electron chi connectivity index (χ1n) is 15.3. The Hall–Kier alpha value is -2.93. The molecule has 1 aliphatic heterocycles. The third-order valence-electron chi connectivity index (χ3n) is 9.88. The average Bonchev–Trinajstić information content (AvgIpc) is 3.67. The second-order valence-corrected chi connectivity index (χ2v) is 14.5. The van der Waals surface area contributed by atoms with Gasteiger partial charge in [-0.15, -0.1) is 0 Å². The number of rotatable bonds is 8. The van der Waals surface area contributed by atoms with Crippen molar-refractivity contribution in [3.8, 4) is 0 Å². The third-order valence-corrected chi connectivity index (χ3v) is 11.5. The first-order valence-corrected chi connectivity index (χ1v) is 16.8. The summed E-state index contributed by atoms with van der Waals surface area (Å²) in [7, 11) is -2.03. The molecule has 3 heterocycles. The van der Waals surface area contributed by atoms with Crippen LogP contribution >= 0.6 is 0 Å². The minimum atomic E-state index is -4.09. The predicted molar refractivity (Wildman–Crippen MR) is 163 cm³/mol. The van der Waals surface area contributed by atoms with Gasteiger partial charge in [0.2, 0.25) is 10.0 Å².